The highest BCUT2D eigenvalue weighted by molar-refractivity contribution is 7.80. The zero-order valence-electron chi connectivity index (χ0n) is 13.8. The van der Waals surface area contributed by atoms with Crippen LogP contribution in [0.1, 0.15) is 20.3 Å². The highest BCUT2D eigenvalue weighted by Gasteiger charge is 2.22. The summed E-state index contributed by atoms with van der Waals surface area (Å²) in [6.07, 6.45) is 0.732. The first kappa shape index (κ1) is 18.6. The summed E-state index contributed by atoms with van der Waals surface area (Å²) in [6.45, 7) is 6.39. The lowest BCUT2D eigenvalue weighted by molar-refractivity contribution is -0.123. The molecule has 1 amide bonds. The molecule has 0 unspecified atom stereocenters. The second-order valence-electron chi connectivity index (χ2n) is 5.90. The molecule has 1 fully saturated rings. The van der Waals surface area contributed by atoms with Gasteiger partial charge in [0.1, 0.15) is 5.82 Å². The van der Waals surface area contributed by atoms with Gasteiger partial charge in [-0.05, 0) is 50.3 Å². The van der Waals surface area contributed by atoms with Crippen molar-refractivity contribution < 1.29 is 13.9 Å². The Kier molecular flexibility index (Phi) is 6.89. The van der Waals surface area contributed by atoms with Crippen molar-refractivity contribution in [1.29, 1.82) is 0 Å². The van der Waals surface area contributed by atoms with Crippen LogP contribution in [0.25, 0.3) is 0 Å². The van der Waals surface area contributed by atoms with Gasteiger partial charge >= 0.3 is 0 Å². The van der Waals surface area contributed by atoms with Crippen molar-refractivity contribution in [3.8, 4) is 0 Å². The number of ether oxygens (including phenoxy) is 1. The van der Waals surface area contributed by atoms with Gasteiger partial charge in [-0.3, -0.25) is 20.5 Å². The number of nitrogens with zero attached hydrogens (tertiary/aromatic N) is 1. The van der Waals surface area contributed by atoms with Gasteiger partial charge in [0.05, 0.1) is 12.2 Å². The van der Waals surface area contributed by atoms with Gasteiger partial charge in [-0.15, -0.1) is 0 Å². The van der Waals surface area contributed by atoms with E-state index in [9.17, 15) is 9.18 Å². The molecule has 0 aliphatic carbocycles. The van der Waals surface area contributed by atoms with Crippen molar-refractivity contribution >= 4 is 28.9 Å². The fourth-order valence-corrected chi connectivity index (χ4v) is 2.78. The minimum absolute atomic E-state index is 0.148. The number of carbonyl (C=O) groups is 1. The van der Waals surface area contributed by atoms with Crippen molar-refractivity contribution in [3.63, 3.8) is 0 Å². The van der Waals surface area contributed by atoms with Crippen LogP contribution in [0.3, 0.4) is 0 Å². The summed E-state index contributed by atoms with van der Waals surface area (Å²) < 4.78 is 18.5. The number of morpholine rings is 1. The van der Waals surface area contributed by atoms with E-state index in [2.05, 4.69) is 21.1 Å². The molecule has 6 nitrogen and oxygen atoms in total. The molecule has 8 heteroatoms. The molecule has 0 bridgehead atoms. The van der Waals surface area contributed by atoms with Crippen LogP contribution >= 0.6 is 12.2 Å². The van der Waals surface area contributed by atoms with Gasteiger partial charge in [0.25, 0.3) is 0 Å². The monoisotopic (exact) mass is 354 g/mol. The van der Waals surface area contributed by atoms with Gasteiger partial charge in [0, 0.05) is 31.7 Å². The Labute approximate surface area is 146 Å². The third kappa shape index (κ3) is 6.38. The molecular formula is C16H23FN4O2S. The van der Waals surface area contributed by atoms with Crippen LogP contribution in [-0.4, -0.2) is 47.8 Å². The summed E-state index contributed by atoms with van der Waals surface area (Å²) in [7, 11) is 0. The summed E-state index contributed by atoms with van der Waals surface area (Å²) in [5.41, 5.74) is 5.82. The number of hydrogen-bond donors (Lipinski definition) is 3. The lowest BCUT2D eigenvalue weighted by Crippen LogP contribution is -2.48. The first-order valence-corrected chi connectivity index (χ1v) is 8.32. The molecule has 24 heavy (non-hydrogen) atoms. The number of halogens is 1. The quantitative estimate of drug-likeness (QED) is 0.564. The van der Waals surface area contributed by atoms with Crippen molar-refractivity contribution in [2.75, 3.05) is 25.0 Å². The number of nitrogens with one attached hydrogen (secondary N) is 3. The van der Waals surface area contributed by atoms with E-state index in [1.54, 1.807) is 12.1 Å². The second-order valence-corrected chi connectivity index (χ2v) is 6.31. The first-order valence-electron chi connectivity index (χ1n) is 7.91. The van der Waals surface area contributed by atoms with Gasteiger partial charge in [-0.1, -0.05) is 0 Å². The van der Waals surface area contributed by atoms with Crippen molar-refractivity contribution in [2.24, 2.45) is 0 Å². The molecular weight excluding hydrogens is 331 g/mol. The van der Waals surface area contributed by atoms with Crippen LogP contribution in [0.15, 0.2) is 24.3 Å². The van der Waals surface area contributed by atoms with Crippen LogP contribution < -0.4 is 16.2 Å². The van der Waals surface area contributed by atoms with Gasteiger partial charge in [0.2, 0.25) is 5.91 Å². The molecule has 3 N–H and O–H groups in total. The number of anilines is 1. The van der Waals surface area contributed by atoms with Gasteiger partial charge in [0.15, 0.2) is 5.11 Å². The molecule has 1 aliphatic heterocycles. The maximum Gasteiger partial charge on any atom is 0.239 e. The highest BCUT2D eigenvalue weighted by atomic mass is 32.1. The van der Waals surface area contributed by atoms with E-state index in [-0.39, 0.29) is 29.0 Å². The Morgan fingerprint density at radius 1 is 1.25 bits per heavy atom. The molecule has 0 radical (unpaired) electrons. The summed E-state index contributed by atoms with van der Waals surface area (Å²) in [5, 5.41) is 3.09. The standard InChI is InChI=1S/C16H23FN4O2S/c1-11-9-21(10-12(2)23-11)8-7-15(22)19-20-16(24)18-14-5-3-13(17)4-6-14/h3-6,11-12H,7-10H2,1-2H3,(H,19,22)(H2,18,20,24)/t11-,12+. The van der Waals surface area contributed by atoms with Crippen LogP contribution in [-0.2, 0) is 9.53 Å². The maximum absolute atomic E-state index is 12.8. The fourth-order valence-electron chi connectivity index (χ4n) is 2.61. The predicted molar refractivity (Wildman–Crippen MR) is 95.0 cm³/mol. The average molecular weight is 354 g/mol. The molecule has 1 aliphatic rings. The van der Waals surface area contributed by atoms with E-state index >= 15 is 0 Å². The molecule has 2 atom stereocenters. The van der Waals surface area contributed by atoms with E-state index in [4.69, 9.17) is 17.0 Å². The Morgan fingerprint density at radius 2 is 1.88 bits per heavy atom. The molecule has 0 saturated carbocycles. The number of hydrogen-bond acceptors (Lipinski definition) is 4. The maximum atomic E-state index is 12.8. The zero-order valence-corrected chi connectivity index (χ0v) is 14.7. The lowest BCUT2D eigenvalue weighted by atomic mass is 10.2. The van der Waals surface area contributed by atoms with E-state index in [1.807, 2.05) is 13.8 Å². The van der Waals surface area contributed by atoms with Crippen LogP contribution in [0, 0.1) is 5.82 Å². The number of rotatable bonds is 4. The SMILES string of the molecule is C[C@@H]1CN(CCC(=O)NNC(=S)Nc2ccc(F)cc2)C[C@H](C)O1. The third-order valence-corrected chi connectivity index (χ3v) is 3.77. The number of thiocarbonyl (C=S) groups is 1. The third-order valence-electron chi connectivity index (χ3n) is 3.57. The predicted octanol–water partition coefficient (Wildman–Crippen LogP) is 1.64. The number of benzene rings is 1. The Hall–Kier alpha value is -1.77. The zero-order chi connectivity index (χ0) is 17.5. The Bertz CT molecular complexity index is 560. The van der Waals surface area contributed by atoms with Gasteiger partial charge < -0.3 is 10.1 Å². The summed E-state index contributed by atoms with van der Waals surface area (Å²) in [5.74, 6) is -0.468. The molecule has 1 aromatic rings. The fraction of sp³-hybridized carbons (Fsp3) is 0.500. The van der Waals surface area contributed by atoms with Gasteiger partial charge in [-0.2, -0.15) is 0 Å². The van der Waals surface area contributed by atoms with Gasteiger partial charge in [-0.25, -0.2) is 4.39 Å². The van der Waals surface area contributed by atoms with Crippen LogP contribution in [0.4, 0.5) is 10.1 Å². The second kappa shape index (κ2) is 8.91. The molecule has 132 valence electrons. The Morgan fingerprint density at radius 3 is 2.50 bits per heavy atom. The van der Waals surface area contributed by atoms with E-state index < -0.39 is 0 Å². The normalized spacial score (nSPS) is 21.1. The molecule has 1 saturated heterocycles. The van der Waals surface area contributed by atoms with E-state index in [1.165, 1.54) is 12.1 Å². The molecule has 1 heterocycles. The highest BCUT2D eigenvalue weighted by Crippen LogP contribution is 2.10. The van der Waals surface area contributed by atoms with Crippen molar-refractivity contribution in [3.05, 3.63) is 30.1 Å². The number of carbonyl (C=O) groups excluding carboxylic acids is 1. The largest absolute Gasteiger partial charge is 0.373 e. The minimum Gasteiger partial charge on any atom is -0.373 e. The summed E-state index contributed by atoms with van der Waals surface area (Å²) in [4.78, 5) is 14.1. The smallest absolute Gasteiger partial charge is 0.239 e. The van der Waals surface area contributed by atoms with E-state index in [0.717, 1.165) is 13.1 Å². The summed E-state index contributed by atoms with van der Waals surface area (Å²) >= 11 is 5.07. The first-order chi connectivity index (χ1) is 11.4. The van der Waals surface area contributed by atoms with Crippen LogP contribution in [0.5, 0.6) is 0 Å². The summed E-state index contributed by atoms with van der Waals surface area (Å²) in [6, 6.07) is 5.78. The average Bonchev–Trinajstić information content (AvgIpc) is 2.52. The van der Waals surface area contributed by atoms with Crippen LogP contribution in [0.2, 0.25) is 0 Å². The molecule has 1 aromatic carbocycles. The molecule has 0 spiro atoms. The van der Waals surface area contributed by atoms with Crippen molar-refractivity contribution in [1.82, 2.24) is 15.8 Å². The number of hydrazine groups is 1. The van der Waals surface area contributed by atoms with E-state index in [0.29, 0.717) is 18.7 Å². The molecule has 2 rings (SSSR count). The minimum atomic E-state index is -0.320. The Balaban J connectivity index is 1.65. The number of amides is 1. The topological polar surface area (TPSA) is 65.6 Å². The molecule has 0 aromatic heterocycles. The van der Waals surface area contributed by atoms with Crippen molar-refractivity contribution in [2.45, 2.75) is 32.5 Å². The lowest BCUT2D eigenvalue weighted by Gasteiger charge is -2.35.